The van der Waals surface area contributed by atoms with Crippen LogP contribution < -0.4 is 11.3 Å². The van der Waals surface area contributed by atoms with Crippen LogP contribution in [0.15, 0.2) is 40.2 Å². The van der Waals surface area contributed by atoms with E-state index in [-0.39, 0.29) is 6.04 Å². The van der Waals surface area contributed by atoms with Crippen molar-refractivity contribution in [3.8, 4) is 0 Å². The lowest BCUT2D eigenvalue weighted by molar-refractivity contribution is 0.526. The zero-order valence-corrected chi connectivity index (χ0v) is 12.9. The van der Waals surface area contributed by atoms with E-state index in [1.807, 2.05) is 24.3 Å². The van der Waals surface area contributed by atoms with Gasteiger partial charge in [0, 0.05) is 15.9 Å². The number of nitrogens with one attached hydrogen (secondary N) is 1. The molecule has 0 aliphatic carbocycles. The van der Waals surface area contributed by atoms with Gasteiger partial charge in [0.15, 0.2) is 0 Å². The van der Waals surface area contributed by atoms with Crippen molar-refractivity contribution < 1.29 is 0 Å². The normalized spacial score (nSPS) is 12.6. The standard InChI is InChI=1S/C13H14BrClN2S/c14-13-6-5-11(18-13)8-10(17-16)7-9-3-1-2-4-12(9)15/h1-6,10,17H,7-8,16H2. The highest BCUT2D eigenvalue weighted by atomic mass is 79.9. The highest BCUT2D eigenvalue weighted by Gasteiger charge is 2.12. The Morgan fingerprint density at radius 1 is 1.22 bits per heavy atom. The molecule has 0 saturated carbocycles. The summed E-state index contributed by atoms with van der Waals surface area (Å²) in [4.78, 5) is 1.30. The van der Waals surface area contributed by atoms with Gasteiger partial charge in [-0.05, 0) is 52.5 Å². The van der Waals surface area contributed by atoms with Crippen molar-refractivity contribution in [3.63, 3.8) is 0 Å². The van der Waals surface area contributed by atoms with Gasteiger partial charge in [-0.2, -0.15) is 0 Å². The summed E-state index contributed by atoms with van der Waals surface area (Å²) in [6.07, 6.45) is 1.73. The van der Waals surface area contributed by atoms with E-state index >= 15 is 0 Å². The van der Waals surface area contributed by atoms with Gasteiger partial charge in [0.1, 0.15) is 0 Å². The first kappa shape index (κ1) is 14.0. The predicted octanol–water partition coefficient (Wildman–Crippen LogP) is 3.78. The number of hydrogen-bond acceptors (Lipinski definition) is 3. The van der Waals surface area contributed by atoms with Gasteiger partial charge in [0.2, 0.25) is 0 Å². The molecular weight excluding hydrogens is 332 g/mol. The topological polar surface area (TPSA) is 38.0 Å². The van der Waals surface area contributed by atoms with Crippen molar-refractivity contribution in [2.75, 3.05) is 0 Å². The molecule has 0 aliphatic heterocycles. The molecule has 18 heavy (non-hydrogen) atoms. The molecular formula is C13H14BrClN2S. The fourth-order valence-electron chi connectivity index (χ4n) is 1.82. The second-order valence-corrected chi connectivity index (χ2v) is 7.02. The van der Waals surface area contributed by atoms with Gasteiger partial charge >= 0.3 is 0 Å². The molecule has 2 nitrogen and oxygen atoms in total. The molecule has 96 valence electrons. The first-order chi connectivity index (χ1) is 8.69. The summed E-state index contributed by atoms with van der Waals surface area (Å²) in [7, 11) is 0. The molecule has 0 saturated heterocycles. The maximum absolute atomic E-state index is 6.16. The fraction of sp³-hybridized carbons (Fsp3) is 0.231. The minimum absolute atomic E-state index is 0.190. The average molecular weight is 346 g/mol. The van der Waals surface area contributed by atoms with Gasteiger partial charge in [-0.25, -0.2) is 0 Å². The van der Waals surface area contributed by atoms with Crippen molar-refractivity contribution in [2.24, 2.45) is 5.84 Å². The van der Waals surface area contributed by atoms with Crippen molar-refractivity contribution in [1.82, 2.24) is 5.43 Å². The number of hydrogen-bond donors (Lipinski definition) is 2. The summed E-state index contributed by atoms with van der Waals surface area (Å²) in [5.41, 5.74) is 3.99. The van der Waals surface area contributed by atoms with E-state index in [9.17, 15) is 0 Å². The Morgan fingerprint density at radius 3 is 2.61 bits per heavy atom. The van der Waals surface area contributed by atoms with Crippen LogP contribution in [0.5, 0.6) is 0 Å². The highest BCUT2D eigenvalue weighted by molar-refractivity contribution is 9.11. The monoisotopic (exact) mass is 344 g/mol. The molecule has 3 N–H and O–H groups in total. The molecule has 1 aromatic heterocycles. The molecule has 0 radical (unpaired) electrons. The molecule has 0 fully saturated rings. The van der Waals surface area contributed by atoms with Crippen LogP contribution in [0.1, 0.15) is 10.4 Å². The summed E-state index contributed by atoms with van der Waals surface area (Å²) >= 11 is 11.4. The van der Waals surface area contributed by atoms with Crippen LogP contribution in [0, 0.1) is 0 Å². The molecule has 1 aromatic carbocycles. The number of benzene rings is 1. The molecule has 5 heteroatoms. The van der Waals surface area contributed by atoms with Crippen LogP contribution in [0.4, 0.5) is 0 Å². The summed E-state index contributed by atoms with van der Waals surface area (Å²) in [5.74, 6) is 5.63. The zero-order valence-electron chi connectivity index (χ0n) is 9.70. The summed E-state index contributed by atoms with van der Waals surface area (Å²) in [6.45, 7) is 0. The minimum atomic E-state index is 0.190. The van der Waals surface area contributed by atoms with E-state index < -0.39 is 0 Å². The summed E-state index contributed by atoms with van der Waals surface area (Å²) in [6, 6.07) is 12.2. The number of halogens is 2. The Morgan fingerprint density at radius 2 is 2.00 bits per heavy atom. The summed E-state index contributed by atoms with van der Waals surface area (Å²) < 4.78 is 1.14. The molecule has 0 amide bonds. The van der Waals surface area contributed by atoms with Crippen molar-refractivity contribution in [2.45, 2.75) is 18.9 Å². The maximum atomic E-state index is 6.16. The zero-order chi connectivity index (χ0) is 13.0. The molecule has 2 aromatic rings. The van der Waals surface area contributed by atoms with Crippen LogP contribution in [0.25, 0.3) is 0 Å². The average Bonchev–Trinajstić information content (AvgIpc) is 2.76. The third kappa shape index (κ3) is 3.80. The van der Waals surface area contributed by atoms with Gasteiger partial charge in [-0.3, -0.25) is 11.3 Å². The molecule has 1 unspecified atom stereocenters. The Labute approximate surface area is 124 Å². The van der Waals surface area contributed by atoms with E-state index in [0.29, 0.717) is 0 Å². The Kier molecular flexibility index (Phi) is 5.21. The van der Waals surface area contributed by atoms with Gasteiger partial charge in [-0.15, -0.1) is 11.3 Å². The van der Waals surface area contributed by atoms with E-state index in [1.54, 1.807) is 11.3 Å². The van der Waals surface area contributed by atoms with E-state index in [1.165, 1.54) is 4.88 Å². The van der Waals surface area contributed by atoms with E-state index in [0.717, 1.165) is 27.2 Å². The SMILES string of the molecule is NNC(Cc1ccc(Br)s1)Cc1ccccc1Cl. The Hall–Kier alpha value is -0.390. The number of rotatable bonds is 5. The predicted molar refractivity (Wildman–Crippen MR) is 82.0 cm³/mol. The van der Waals surface area contributed by atoms with E-state index in [4.69, 9.17) is 17.4 Å². The molecule has 2 rings (SSSR count). The number of thiophene rings is 1. The smallest absolute Gasteiger partial charge is 0.0701 e. The molecule has 0 bridgehead atoms. The van der Waals surface area contributed by atoms with E-state index in [2.05, 4.69) is 33.5 Å². The van der Waals surface area contributed by atoms with Gasteiger partial charge < -0.3 is 0 Å². The number of nitrogens with two attached hydrogens (primary N) is 1. The van der Waals surface area contributed by atoms with Gasteiger partial charge in [0.25, 0.3) is 0 Å². The quantitative estimate of drug-likeness (QED) is 0.639. The first-order valence-corrected chi connectivity index (χ1v) is 7.61. The van der Waals surface area contributed by atoms with Gasteiger partial charge in [-0.1, -0.05) is 29.8 Å². The minimum Gasteiger partial charge on any atom is -0.271 e. The second-order valence-electron chi connectivity index (χ2n) is 4.07. The third-order valence-corrected chi connectivity index (χ3v) is 4.75. The van der Waals surface area contributed by atoms with Crippen LogP contribution in [-0.4, -0.2) is 6.04 Å². The van der Waals surface area contributed by atoms with Crippen LogP contribution in [0.3, 0.4) is 0 Å². The Bertz CT molecular complexity index is 515. The summed E-state index contributed by atoms with van der Waals surface area (Å²) in [5, 5.41) is 0.796. The van der Waals surface area contributed by atoms with Crippen molar-refractivity contribution in [1.29, 1.82) is 0 Å². The van der Waals surface area contributed by atoms with Crippen LogP contribution in [0.2, 0.25) is 5.02 Å². The van der Waals surface area contributed by atoms with Gasteiger partial charge in [0.05, 0.1) is 3.79 Å². The third-order valence-electron chi connectivity index (χ3n) is 2.74. The van der Waals surface area contributed by atoms with Crippen LogP contribution in [-0.2, 0) is 12.8 Å². The highest BCUT2D eigenvalue weighted by Crippen LogP contribution is 2.24. The number of hydrazine groups is 1. The lowest BCUT2D eigenvalue weighted by Gasteiger charge is -2.15. The largest absolute Gasteiger partial charge is 0.271 e. The maximum Gasteiger partial charge on any atom is 0.0701 e. The first-order valence-electron chi connectivity index (χ1n) is 5.63. The molecule has 1 atom stereocenters. The van der Waals surface area contributed by atoms with Crippen LogP contribution >= 0.6 is 38.9 Å². The lowest BCUT2D eigenvalue weighted by Crippen LogP contribution is -2.38. The molecule has 0 spiro atoms. The van der Waals surface area contributed by atoms with Crippen molar-refractivity contribution in [3.05, 3.63) is 55.6 Å². The fourth-order valence-corrected chi connectivity index (χ4v) is 3.60. The Balaban J connectivity index is 2.04. The second kappa shape index (κ2) is 6.68. The lowest BCUT2D eigenvalue weighted by atomic mass is 10.0. The molecule has 1 heterocycles. The molecule has 0 aliphatic rings. The van der Waals surface area contributed by atoms with Crippen molar-refractivity contribution >= 4 is 38.9 Å².